The van der Waals surface area contributed by atoms with E-state index in [4.69, 9.17) is 9.47 Å². The van der Waals surface area contributed by atoms with Crippen LogP contribution in [0.2, 0.25) is 0 Å². The lowest BCUT2D eigenvalue weighted by Gasteiger charge is -2.34. The summed E-state index contributed by atoms with van der Waals surface area (Å²) in [4.78, 5) is 20.7. The van der Waals surface area contributed by atoms with Crippen LogP contribution >= 0.6 is 0 Å². The Morgan fingerprint density at radius 2 is 2.00 bits per heavy atom. The second-order valence-electron chi connectivity index (χ2n) is 8.40. The van der Waals surface area contributed by atoms with Crippen molar-refractivity contribution < 1.29 is 23.0 Å². The van der Waals surface area contributed by atoms with Gasteiger partial charge in [-0.1, -0.05) is 0 Å². The van der Waals surface area contributed by atoms with Gasteiger partial charge in [-0.25, -0.2) is 18.7 Å². The zero-order chi connectivity index (χ0) is 24.3. The number of benzene rings is 1. The molecule has 0 amide bonds. The second kappa shape index (κ2) is 9.76. The summed E-state index contributed by atoms with van der Waals surface area (Å²) < 4.78 is 37.1. The molecule has 2 heterocycles. The molecule has 0 atom stereocenters. The number of ether oxygens (including phenoxy) is 2. The van der Waals surface area contributed by atoms with Crippen LogP contribution in [0.4, 0.5) is 20.4 Å². The van der Waals surface area contributed by atoms with E-state index in [2.05, 4.69) is 25.5 Å². The van der Waals surface area contributed by atoms with Gasteiger partial charge in [0.05, 0.1) is 37.9 Å². The van der Waals surface area contributed by atoms with Gasteiger partial charge < -0.3 is 14.8 Å². The molecule has 1 aliphatic carbocycles. The van der Waals surface area contributed by atoms with Gasteiger partial charge in [0, 0.05) is 42.6 Å². The number of Topliss-reactive ketones (excluding diaryl/α,β-unsaturated/α-hetero) is 1. The Balaban J connectivity index is 1.50. The second-order valence-corrected chi connectivity index (χ2v) is 8.40. The molecule has 0 bridgehead atoms. The van der Waals surface area contributed by atoms with Crippen molar-refractivity contribution in [3.63, 3.8) is 0 Å². The molecule has 10 heteroatoms. The fraction of sp³-hybridized carbons (Fsp3) is 0.375. The van der Waals surface area contributed by atoms with Crippen LogP contribution in [0.25, 0.3) is 11.1 Å². The van der Waals surface area contributed by atoms with Crippen LogP contribution in [-0.2, 0) is 11.3 Å². The van der Waals surface area contributed by atoms with Crippen LogP contribution in [0, 0.1) is 12.8 Å². The number of rotatable bonds is 9. The van der Waals surface area contributed by atoms with Crippen molar-refractivity contribution in [1.29, 1.82) is 0 Å². The maximum atomic E-state index is 13.0. The maximum Gasteiger partial charge on any atom is 0.248 e. The molecule has 1 aliphatic rings. The molecular formula is C24H25F2N5O3. The maximum absolute atomic E-state index is 13.0. The molecule has 0 spiro atoms. The highest BCUT2D eigenvalue weighted by molar-refractivity contribution is 5.92. The minimum absolute atomic E-state index is 0.0935. The Hall–Kier alpha value is -3.53. The Morgan fingerprint density at radius 3 is 2.68 bits per heavy atom. The molecule has 1 fully saturated rings. The summed E-state index contributed by atoms with van der Waals surface area (Å²) in [7, 11) is 1.57. The number of methoxy groups -OCH3 is 1. The van der Waals surface area contributed by atoms with E-state index in [0.717, 1.165) is 16.8 Å². The number of anilines is 2. The minimum Gasteiger partial charge on any atom is -0.496 e. The van der Waals surface area contributed by atoms with E-state index >= 15 is 0 Å². The average molecular weight is 469 g/mol. The largest absolute Gasteiger partial charge is 0.496 e. The number of nitrogens with one attached hydrogen (secondary N) is 1. The first kappa shape index (κ1) is 23.6. The van der Waals surface area contributed by atoms with E-state index in [-0.39, 0.29) is 49.4 Å². The molecule has 2 aromatic heterocycles. The number of hydrogen-bond donors (Lipinski definition) is 1. The standard InChI is InChI=1S/C24H25F2N5O3/c1-14-6-17(11-27-31-14)20-5-4-18(8-22(20)33-3)28-23-29-19(7-21(30-23)15(2)32)13-34-12-16-9-24(25,26)10-16/h4-8,11,16H,9-10,12-13H2,1-3H3,(H,28,29,30). The van der Waals surface area contributed by atoms with Gasteiger partial charge in [-0.05, 0) is 37.1 Å². The van der Waals surface area contributed by atoms with Gasteiger partial charge in [0.1, 0.15) is 11.4 Å². The van der Waals surface area contributed by atoms with E-state index in [0.29, 0.717) is 17.1 Å². The summed E-state index contributed by atoms with van der Waals surface area (Å²) in [5.41, 5.74) is 3.87. The summed E-state index contributed by atoms with van der Waals surface area (Å²) in [6.07, 6.45) is 1.35. The molecule has 1 saturated carbocycles. The summed E-state index contributed by atoms with van der Waals surface area (Å²) >= 11 is 0. The van der Waals surface area contributed by atoms with Gasteiger partial charge in [0.15, 0.2) is 5.78 Å². The molecule has 178 valence electrons. The molecule has 0 aliphatic heterocycles. The quantitative estimate of drug-likeness (QED) is 0.448. The number of nitrogens with zero attached hydrogens (tertiary/aromatic N) is 4. The van der Waals surface area contributed by atoms with Crippen LogP contribution in [0.15, 0.2) is 36.5 Å². The van der Waals surface area contributed by atoms with Crippen molar-refractivity contribution in [3.05, 3.63) is 53.6 Å². The molecule has 4 rings (SSSR count). The number of aryl methyl sites for hydroxylation is 1. The molecular weight excluding hydrogens is 444 g/mol. The normalized spacial score (nSPS) is 15.0. The third kappa shape index (κ3) is 5.69. The number of hydrogen-bond acceptors (Lipinski definition) is 8. The smallest absolute Gasteiger partial charge is 0.248 e. The van der Waals surface area contributed by atoms with Crippen molar-refractivity contribution in [2.75, 3.05) is 19.0 Å². The first-order valence-electron chi connectivity index (χ1n) is 10.8. The molecule has 8 nitrogen and oxygen atoms in total. The highest BCUT2D eigenvalue weighted by atomic mass is 19.3. The van der Waals surface area contributed by atoms with Crippen molar-refractivity contribution in [1.82, 2.24) is 20.2 Å². The summed E-state index contributed by atoms with van der Waals surface area (Å²) in [6, 6.07) is 8.97. The molecule has 0 unspecified atom stereocenters. The third-order valence-electron chi connectivity index (χ3n) is 5.46. The highest BCUT2D eigenvalue weighted by Crippen LogP contribution is 2.42. The summed E-state index contributed by atoms with van der Waals surface area (Å²) in [5.74, 6) is -2.13. The Morgan fingerprint density at radius 1 is 1.21 bits per heavy atom. The monoisotopic (exact) mass is 469 g/mol. The van der Waals surface area contributed by atoms with Gasteiger partial charge in [-0.15, -0.1) is 0 Å². The molecule has 3 aromatic rings. The molecule has 34 heavy (non-hydrogen) atoms. The van der Waals surface area contributed by atoms with Crippen LogP contribution in [0.1, 0.15) is 41.6 Å². The number of carbonyl (C=O) groups is 1. The number of alkyl halides is 2. The predicted molar refractivity (Wildman–Crippen MR) is 121 cm³/mol. The van der Waals surface area contributed by atoms with Crippen LogP contribution in [0.5, 0.6) is 5.75 Å². The van der Waals surface area contributed by atoms with Gasteiger partial charge >= 0.3 is 0 Å². The first-order chi connectivity index (χ1) is 16.2. The lowest BCUT2D eigenvalue weighted by atomic mass is 9.82. The number of aromatic nitrogens is 4. The van der Waals surface area contributed by atoms with E-state index < -0.39 is 5.92 Å². The van der Waals surface area contributed by atoms with Gasteiger partial charge in [0.25, 0.3) is 0 Å². The van der Waals surface area contributed by atoms with Crippen molar-refractivity contribution in [3.8, 4) is 16.9 Å². The zero-order valence-electron chi connectivity index (χ0n) is 19.1. The first-order valence-corrected chi connectivity index (χ1v) is 10.8. The van der Waals surface area contributed by atoms with Crippen molar-refractivity contribution in [2.24, 2.45) is 5.92 Å². The van der Waals surface area contributed by atoms with Gasteiger partial charge in [-0.2, -0.15) is 10.2 Å². The molecule has 1 N–H and O–H groups in total. The van der Waals surface area contributed by atoms with Crippen molar-refractivity contribution in [2.45, 2.75) is 39.2 Å². The SMILES string of the molecule is COc1cc(Nc2nc(COCC3CC(F)(F)C3)cc(C(C)=O)n2)ccc1-c1cnnc(C)c1. The molecule has 1 aromatic carbocycles. The number of carbonyl (C=O) groups excluding carboxylic acids is 1. The van der Waals surface area contributed by atoms with Crippen molar-refractivity contribution >= 4 is 17.4 Å². The molecule has 0 radical (unpaired) electrons. The van der Waals surface area contributed by atoms with E-state index in [1.165, 1.54) is 6.92 Å². The zero-order valence-corrected chi connectivity index (χ0v) is 19.1. The fourth-order valence-electron chi connectivity index (χ4n) is 3.80. The Labute approximate surface area is 195 Å². The van der Waals surface area contributed by atoms with Gasteiger partial charge in [-0.3, -0.25) is 4.79 Å². The summed E-state index contributed by atoms with van der Waals surface area (Å²) in [6.45, 7) is 3.59. The van der Waals surface area contributed by atoms with Crippen LogP contribution < -0.4 is 10.1 Å². The van der Waals surface area contributed by atoms with Gasteiger partial charge in [0.2, 0.25) is 11.9 Å². The van der Waals surface area contributed by atoms with E-state index in [1.54, 1.807) is 25.4 Å². The minimum atomic E-state index is -2.58. The predicted octanol–water partition coefficient (Wildman–Crippen LogP) is 4.76. The topological polar surface area (TPSA) is 99.1 Å². The third-order valence-corrected chi connectivity index (χ3v) is 5.46. The number of ketones is 1. The lowest BCUT2D eigenvalue weighted by Crippen LogP contribution is -2.37. The Bertz CT molecular complexity index is 1200. The molecule has 0 saturated heterocycles. The highest BCUT2D eigenvalue weighted by Gasteiger charge is 2.45. The fourth-order valence-corrected chi connectivity index (χ4v) is 3.80. The van der Waals surface area contributed by atoms with E-state index in [9.17, 15) is 13.6 Å². The van der Waals surface area contributed by atoms with Crippen LogP contribution in [-0.4, -0.2) is 45.6 Å². The van der Waals surface area contributed by atoms with Crippen LogP contribution in [0.3, 0.4) is 0 Å². The average Bonchev–Trinajstić information content (AvgIpc) is 2.77. The number of halogens is 2. The van der Waals surface area contributed by atoms with E-state index in [1.807, 2.05) is 25.1 Å². The Kier molecular flexibility index (Phi) is 6.78. The lowest BCUT2D eigenvalue weighted by molar-refractivity contribution is -0.129. The summed E-state index contributed by atoms with van der Waals surface area (Å²) in [5, 5.41) is 11.1.